The van der Waals surface area contributed by atoms with Gasteiger partial charge in [0.15, 0.2) is 0 Å². The minimum Gasteiger partial charge on any atom is -0.480 e. The van der Waals surface area contributed by atoms with Crippen LogP contribution >= 0.6 is 0 Å². The zero-order valence-corrected chi connectivity index (χ0v) is 12.1. The van der Waals surface area contributed by atoms with E-state index >= 15 is 0 Å². The molecule has 1 aliphatic rings. The summed E-state index contributed by atoms with van der Waals surface area (Å²) >= 11 is 0. The summed E-state index contributed by atoms with van der Waals surface area (Å²) in [5.74, 6) is -0.665. The van der Waals surface area contributed by atoms with Crippen molar-refractivity contribution in [3.8, 4) is 0 Å². The third-order valence-corrected chi connectivity index (χ3v) is 3.36. The van der Waals surface area contributed by atoms with E-state index in [9.17, 15) is 14.7 Å². The van der Waals surface area contributed by atoms with Crippen LogP contribution in [0.15, 0.2) is 0 Å². The van der Waals surface area contributed by atoms with Gasteiger partial charge in [0, 0.05) is 26.1 Å². The molecule has 1 saturated heterocycles. The fourth-order valence-electron chi connectivity index (χ4n) is 2.25. The van der Waals surface area contributed by atoms with Crippen molar-refractivity contribution in [2.24, 2.45) is 11.3 Å². The van der Waals surface area contributed by atoms with Crippen molar-refractivity contribution in [2.45, 2.75) is 33.2 Å². The minimum absolute atomic E-state index is 0.305. The molecule has 0 bridgehead atoms. The van der Waals surface area contributed by atoms with E-state index in [0.29, 0.717) is 25.6 Å². The summed E-state index contributed by atoms with van der Waals surface area (Å²) in [6.07, 6.45) is 0.897. The molecule has 6 nitrogen and oxygen atoms in total. The fraction of sp³-hybridized carbons (Fsp3) is 0.846. The summed E-state index contributed by atoms with van der Waals surface area (Å²) < 4.78 is 5.07. The van der Waals surface area contributed by atoms with Gasteiger partial charge in [0.05, 0.1) is 6.61 Å². The van der Waals surface area contributed by atoms with Gasteiger partial charge in [-0.1, -0.05) is 20.8 Å². The Hall–Kier alpha value is -1.30. The Morgan fingerprint density at radius 3 is 2.58 bits per heavy atom. The number of rotatable bonds is 4. The van der Waals surface area contributed by atoms with E-state index in [1.807, 2.05) is 0 Å². The molecule has 1 rings (SSSR count). The molecule has 2 atom stereocenters. The Morgan fingerprint density at radius 1 is 1.47 bits per heavy atom. The molecule has 110 valence electrons. The van der Waals surface area contributed by atoms with Gasteiger partial charge in [-0.25, -0.2) is 9.59 Å². The number of hydrogen-bond donors (Lipinski definition) is 2. The van der Waals surface area contributed by atoms with E-state index in [1.165, 1.54) is 0 Å². The maximum absolute atomic E-state index is 12.1. The van der Waals surface area contributed by atoms with Crippen LogP contribution in [-0.4, -0.2) is 54.9 Å². The van der Waals surface area contributed by atoms with Crippen molar-refractivity contribution in [1.29, 1.82) is 0 Å². The second kappa shape index (κ2) is 6.23. The van der Waals surface area contributed by atoms with E-state index in [0.717, 1.165) is 6.42 Å². The monoisotopic (exact) mass is 272 g/mol. The van der Waals surface area contributed by atoms with Crippen LogP contribution < -0.4 is 5.32 Å². The van der Waals surface area contributed by atoms with Crippen LogP contribution in [0.25, 0.3) is 0 Å². The number of nitrogens with zero attached hydrogens (tertiary/aromatic N) is 1. The Morgan fingerprint density at radius 2 is 2.11 bits per heavy atom. The van der Waals surface area contributed by atoms with E-state index in [1.54, 1.807) is 32.8 Å². The average molecular weight is 272 g/mol. The van der Waals surface area contributed by atoms with E-state index < -0.39 is 17.4 Å². The number of urea groups is 1. The first-order chi connectivity index (χ1) is 8.75. The van der Waals surface area contributed by atoms with Crippen molar-refractivity contribution < 1.29 is 19.4 Å². The molecule has 0 aromatic rings. The zero-order chi connectivity index (χ0) is 14.6. The lowest BCUT2D eigenvalue weighted by atomic mass is 9.87. The second-order valence-electron chi connectivity index (χ2n) is 6.14. The van der Waals surface area contributed by atoms with Crippen LogP contribution in [0.4, 0.5) is 4.79 Å². The molecule has 0 spiro atoms. The van der Waals surface area contributed by atoms with Crippen molar-refractivity contribution >= 4 is 12.0 Å². The molecule has 0 aliphatic carbocycles. The highest BCUT2D eigenvalue weighted by molar-refractivity contribution is 5.83. The van der Waals surface area contributed by atoms with Crippen LogP contribution in [0.1, 0.15) is 27.2 Å². The Kier molecular flexibility index (Phi) is 5.17. The number of ether oxygens (including phenoxy) is 1. The fourth-order valence-corrected chi connectivity index (χ4v) is 2.25. The maximum Gasteiger partial charge on any atom is 0.326 e. The van der Waals surface area contributed by atoms with Gasteiger partial charge in [0.25, 0.3) is 0 Å². The molecule has 6 heteroatoms. The quantitative estimate of drug-likeness (QED) is 0.805. The summed E-state index contributed by atoms with van der Waals surface area (Å²) in [6, 6.07) is -1.19. The van der Waals surface area contributed by atoms with Crippen LogP contribution in [0.5, 0.6) is 0 Å². The minimum atomic E-state index is -1.01. The third kappa shape index (κ3) is 4.38. The molecule has 2 unspecified atom stereocenters. The van der Waals surface area contributed by atoms with Gasteiger partial charge in [0.1, 0.15) is 6.04 Å². The van der Waals surface area contributed by atoms with Crippen LogP contribution in [0, 0.1) is 11.3 Å². The molecule has 1 aliphatic heterocycles. The molecule has 0 radical (unpaired) electrons. The smallest absolute Gasteiger partial charge is 0.326 e. The van der Waals surface area contributed by atoms with Crippen LogP contribution in [0.2, 0.25) is 0 Å². The largest absolute Gasteiger partial charge is 0.480 e. The normalized spacial score (nSPS) is 21.3. The number of carbonyl (C=O) groups is 2. The highest BCUT2D eigenvalue weighted by Gasteiger charge is 2.35. The maximum atomic E-state index is 12.1. The Bertz CT molecular complexity index is 338. The molecular formula is C13H24N2O4. The Labute approximate surface area is 114 Å². The molecule has 0 aromatic heterocycles. The van der Waals surface area contributed by atoms with Crippen molar-refractivity contribution in [2.75, 3.05) is 26.8 Å². The number of amides is 2. The third-order valence-electron chi connectivity index (χ3n) is 3.36. The van der Waals surface area contributed by atoms with Crippen LogP contribution in [0.3, 0.4) is 0 Å². The average Bonchev–Trinajstić information content (AvgIpc) is 2.72. The predicted molar refractivity (Wildman–Crippen MR) is 71.0 cm³/mol. The van der Waals surface area contributed by atoms with Gasteiger partial charge >= 0.3 is 12.0 Å². The van der Waals surface area contributed by atoms with Gasteiger partial charge in [-0.3, -0.25) is 0 Å². The lowest BCUT2D eigenvalue weighted by molar-refractivity contribution is -0.142. The predicted octanol–water partition coefficient (Wildman–Crippen LogP) is 1.16. The number of carboxylic acids is 1. The lowest BCUT2D eigenvalue weighted by Gasteiger charge is -2.29. The second-order valence-corrected chi connectivity index (χ2v) is 6.14. The first-order valence-electron chi connectivity index (χ1n) is 6.53. The number of hydrogen-bond acceptors (Lipinski definition) is 3. The topological polar surface area (TPSA) is 78.9 Å². The molecule has 1 heterocycles. The number of aliphatic carboxylic acids is 1. The number of likely N-dealkylation sites (tertiary alicyclic amines) is 1. The lowest BCUT2D eigenvalue weighted by Crippen LogP contribution is -2.52. The summed E-state index contributed by atoms with van der Waals surface area (Å²) in [5.41, 5.74) is -0.521. The number of nitrogens with one attached hydrogen (secondary N) is 1. The van der Waals surface area contributed by atoms with Gasteiger partial charge in [-0.05, 0) is 11.8 Å². The molecule has 0 saturated carbocycles. The highest BCUT2D eigenvalue weighted by Crippen LogP contribution is 2.21. The first-order valence-corrected chi connectivity index (χ1v) is 6.53. The van der Waals surface area contributed by atoms with Crippen molar-refractivity contribution in [3.63, 3.8) is 0 Å². The molecule has 1 fully saturated rings. The summed E-state index contributed by atoms with van der Waals surface area (Å²) in [6.45, 7) is 7.29. The zero-order valence-electron chi connectivity index (χ0n) is 12.1. The van der Waals surface area contributed by atoms with Gasteiger partial charge in [-0.2, -0.15) is 0 Å². The molecule has 2 amide bonds. The first kappa shape index (κ1) is 15.8. The van der Waals surface area contributed by atoms with E-state index in [-0.39, 0.29) is 6.03 Å². The Balaban J connectivity index is 2.57. The van der Waals surface area contributed by atoms with Crippen molar-refractivity contribution in [3.05, 3.63) is 0 Å². The number of methoxy groups -OCH3 is 1. The van der Waals surface area contributed by atoms with Gasteiger partial charge in [0.2, 0.25) is 0 Å². The summed E-state index contributed by atoms with van der Waals surface area (Å²) in [7, 11) is 1.64. The van der Waals surface area contributed by atoms with Crippen molar-refractivity contribution in [1.82, 2.24) is 10.2 Å². The van der Waals surface area contributed by atoms with Crippen LogP contribution in [-0.2, 0) is 9.53 Å². The molecular weight excluding hydrogens is 248 g/mol. The summed E-state index contributed by atoms with van der Waals surface area (Å²) in [5, 5.41) is 11.8. The SMILES string of the molecule is COCC1CCN(C(=O)NC(C(=O)O)C(C)(C)C)C1. The number of carboxylic acid groups (broad SMARTS) is 1. The summed E-state index contributed by atoms with van der Waals surface area (Å²) in [4.78, 5) is 24.9. The highest BCUT2D eigenvalue weighted by atomic mass is 16.5. The number of carbonyl (C=O) groups excluding carboxylic acids is 1. The van der Waals surface area contributed by atoms with Gasteiger partial charge < -0.3 is 20.1 Å². The van der Waals surface area contributed by atoms with Gasteiger partial charge in [-0.15, -0.1) is 0 Å². The van der Waals surface area contributed by atoms with E-state index in [4.69, 9.17) is 4.74 Å². The molecule has 19 heavy (non-hydrogen) atoms. The molecule has 0 aromatic carbocycles. The standard InChI is InChI=1S/C13H24N2O4/c1-13(2,3)10(11(16)17)14-12(18)15-6-5-9(7-15)8-19-4/h9-10H,5-8H2,1-4H3,(H,14,18)(H,16,17). The van der Waals surface area contributed by atoms with E-state index in [2.05, 4.69) is 5.32 Å². The molecule has 2 N–H and O–H groups in total.